The highest BCUT2D eigenvalue weighted by molar-refractivity contribution is 5.92. The lowest BCUT2D eigenvalue weighted by atomic mass is 10.1. The van der Waals surface area contributed by atoms with Crippen molar-refractivity contribution in [3.63, 3.8) is 0 Å². The van der Waals surface area contributed by atoms with Crippen LogP contribution in [0.25, 0.3) is 10.9 Å². The van der Waals surface area contributed by atoms with Crippen molar-refractivity contribution in [1.29, 1.82) is 0 Å². The molecule has 0 fully saturated rings. The summed E-state index contributed by atoms with van der Waals surface area (Å²) in [5, 5.41) is 4.15. The summed E-state index contributed by atoms with van der Waals surface area (Å²) >= 11 is 0. The number of anilines is 1. The second-order valence-corrected chi connectivity index (χ2v) is 6.38. The first-order valence-electron chi connectivity index (χ1n) is 9.06. The molecule has 0 spiro atoms. The Hall–Kier alpha value is -2.89. The van der Waals surface area contributed by atoms with Crippen LogP contribution < -0.4 is 10.2 Å². The van der Waals surface area contributed by atoms with Gasteiger partial charge in [0.2, 0.25) is 5.95 Å². The number of aromatic nitrogens is 3. The van der Waals surface area contributed by atoms with Gasteiger partial charge in [-0.05, 0) is 30.5 Å². The van der Waals surface area contributed by atoms with Crippen LogP contribution in [0.1, 0.15) is 35.8 Å². The van der Waals surface area contributed by atoms with E-state index in [9.17, 15) is 4.79 Å². The molecule has 0 aliphatic carbocycles. The second kappa shape index (κ2) is 8.47. The third-order valence-electron chi connectivity index (χ3n) is 4.42. The smallest absolute Gasteiger partial charge is 0.270 e. The Morgan fingerprint density at radius 3 is 2.96 bits per heavy atom. The fraction of sp³-hybridized carbons (Fsp3) is 0.350. The van der Waals surface area contributed by atoms with Gasteiger partial charge >= 0.3 is 0 Å². The molecule has 2 N–H and O–H groups in total. The molecule has 2 heterocycles. The van der Waals surface area contributed by atoms with E-state index < -0.39 is 0 Å². The number of hydrogen-bond donors (Lipinski definition) is 2. The summed E-state index contributed by atoms with van der Waals surface area (Å²) in [7, 11) is 1.95. The molecule has 3 aromatic rings. The Morgan fingerprint density at radius 2 is 2.12 bits per heavy atom. The van der Waals surface area contributed by atoms with E-state index in [0.717, 1.165) is 31.3 Å². The number of aromatic amines is 1. The van der Waals surface area contributed by atoms with Crippen LogP contribution in [0.2, 0.25) is 0 Å². The summed E-state index contributed by atoms with van der Waals surface area (Å²) in [5.41, 5.74) is 2.71. The van der Waals surface area contributed by atoms with Gasteiger partial charge in [0.1, 0.15) is 5.69 Å². The summed E-state index contributed by atoms with van der Waals surface area (Å²) in [4.78, 5) is 26.3. The monoisotopic (exact) mass is 351 g/mol. The van der Waals surface area contributed by atoms with E-state index >= 15 is 0 Å². The minimum absolute atomic E-state index is 0.169. The first-order chi connectivity index (χ1) is 12.7. The van der Waals surface area contributed by atoms with Crippen LogP contribution in [0.4, 0.5) is 5.95 Å². The predicted molar refractivity (Wildman–Crippen MR) is 105 cm³/mol. The normalized spacial score (nSPS) is 10.8. The SMILES string of the molecule is CCCCN(C)c1nccc(C(=O)NCCc2c[nH]c3ccccc23)n1. The number of benzene rings is 1. The van der Waals surface area contributed by atoms with Crippen molar-refractivity contribution in [3.8, 4) is 0 Å². The van der Waals surface area contributed by atoms with E-state index in [1.54, 1.807) is 12.3 Å². The molecular formula is C20H25N5O. The van der Waals surface area contributed by atoms with Gasteiger partial charge in [-0.25, -0.2) is 9.97 Å². The maximum absolute atomic E-state index is 12.4. The Balaban J connectivity index is 1.58. The van der Waals surface area contributed by atoms with Gasteiger partial charge in [0, 0.05) is 43.4 Å². The molecule has 0 aliphatic rings. The van der Waals surface area contributed by atoms with Gasteiger partial charge in [0.05, 0.1) is 0 Å². The number of hydrogen-bond acceptors (Lipinski definition) is 4. The number of unbranched alkanes of at least 4 members (excludes halogenated alkanes) is 1. The third-order valence-corrected chi connectivity index (χ3v) is 4.42. The lowest BCUT2D eigenvalue weighted by Crippen LogP contribution is -2.28. The second-order valence-electron chi connectivity index (χ2n) is 6.38. The number of nitrogens with zero attached hydrogens (tertiary/aromatic N) is 3. The summed E-state index contributed by atoms with van der Waals surface area (Å²) in [6.07, 6.45) is 6.59. The molecule has 0 aliphatic heterocycles. The van der Waals surface area contributed by atoms with Crippen molar-refractivity contribution in [2.75, 3.05) is 25.0 Å². The summed E-state index contributed by atoms with van der Waals surface area (Å²) < 4.78 is 0. The highest BCUT2D eigenvalue weighted by Crippen LogP contribution is 2.17. The molecule has 2 aromatic heterocycles. The van der Waals surface area contributed by atoms with E-state index in [0.29, 0.717) is 18.2 Å². The standard InChI is InChI=1S/C20H25N5O/c1-3-4-13-25(2)20-22-12-10-18(24-20)19(26)21-11-9-15-14-23-17-8-6-5-7-16(15)17/h5-8,10,12,14,23H,3-4,9,11,13H2,1-2H3,(H,21,26). The molecule has 1 amide bonds. The zero-order valence-corrected chi connectivity index (χ0v) is 15.3. The van der Waals surface area contributed by atoms with E-state index in [1.807, 2.05) is 30.3 Å². The maximum atomic E-state index is 12.4. The number of H-pyrrole nitrogens is 1. The Bertz CT molecular complexity index is 873. The lowest BCUT2D eigenvalue weighted by molar-refractivity contribution is 0.0949. The highest BCUT2D eigenvalue weighted by atomic mass is 16.1. The number of amides is 1. The van der Waals surface area contributed by atoms with Crippen molar-refractivity contribution in [2.24, 2.45) is 0 Å². The first kappa shape index (κ1) is 17.9. The fourth-order valence-corrected chi connectivity index (χ4v) is 2.89. The van der Waals surface area contributed by atoms with Gasteiger partial charge in [0.15, 0.2) is 0 Å². The number of rotatable bonds is 8. The van der Waals surface area contributed by atoms with E-state index in [4.69, 9.17) is 0 Å². The number of carbonyl (C=O) groups is 1. The van der Waals surface area contributed by atoms with Gasteiger partial charge in [0.25, 0.3) is 5.91 Å². The van der Waals surface area contributed by atoms with Crippen molar-refractivity contribution in [2.45, 2.75) is 26.2 Å². The molecule has 6 heteroatoms. The van der Waals surface area contributed by atoms with Gasteiger partial charge in [-0.2, -0.15) is 0 Å². The molecule has 0 unspecified atom stereocenters. The van der Waals surface area contributed by atoms with Crippen LogP contribution in [0.3, 0.4) is 0 Å². The fourth-order valence-electron chi connectivity index (χ4n) is 2.89. The first-order valence-corrected chi connectivity index (χ1v) is 9.06. The average molecular weight is 351 g/mol. The molecule has 0 saturated carbocycles. The molecule has 136 valence electrons. The Labute approximate surface area is 153 Å². The van der Waals surface area contributed by atoms with E-state index in [1.165, 1.54) is 10.9 Å². The molecule has 0 atom stereocenters. The van der Waals surface area contributed by atoms with Gasteiger partial charge < -0.3 is 15.2 Å². The summed E-state index contributed by atoms with van der Waals surface area (Å²) in [6, 6.07) is 9.82. The van der Waals surface area contributed by atoms with Gasteiger partial charge in [-0.3, -0.25) is 4.79 Å². The molecule has 0 saturated heterocycles. The molecule has 1 aromatic carbocycles. The van der Waals surface area contributed by atoms with Crippen molar-refractivity contribution >= 4 is 22.8 Å². The third kappa shape index (κ3) is 4.20. The van der Waals surface area contributed by atoms with Crippen molar-refractivity contribution in [1.82, 2.24) is 20.3 Å². The zero-order valence-electron chi connectivity index (χ0n) is 15.3. The molecule has 0 radical (unpaired) electrons. The Kier molecular flexibility index (Phi) is 5.84. The van der Waals surface area contributed by atoms with Crippen molar-refractivity contribution in [3.05, 3.63) is 54.0 Å². The number of nitrogens with one attached hydrogen (secondary N) is 2. The minimum atomic E-state index is -0.169. The van der Waals surface area contributed by atoms with Crippen LogP contribution in [-0.4, -0.2) is 41.0 Å². The maximum Gasteiger partial charge on any atom is 0.270 e. The van der Waals surface area contributed by atoms with E-state index in [-0.39, 0.29) is 5.91 Å². The Morgan fingerprint density at radius 1 is 1.27 bits per heavy atom. The molecule has 6 nitrogen and oxygen atoms in total. The lowest BCUT2D eigenvalue weighted by Gasteiger charge is -2.16. The average Bonchev–Trinajstić information content (AvgIpc) is 3.09. The summed E-state index contributed by atoms with van der Waals surface area (Å²) in [6.45, 7) is 3.58. The predicted octanol–water partition coefficient (Wildman–Crippen LogP) is 3.17. The number of para-hydroxylation sites is 1. The van der Waals surface area contributed by atoms with Crippen LogP contribution in [0, 0.1) is 0 Å². The molecule has 26 heavy (non-hydrogen) atoms. The number of carbonyl (C=O) groups excluding carboxylic acids is 1. The topological polar surface area (TPSA) is 73.9 Å². The van der Waals surface area contributed by atoms with Crippen LogP contribution in [0.15, 0.2) is 42.7 Å². The van der Waals surface area contributed by atoms with Crippen molar-refractivity contribution < 1.29 is 4.79 Å². The summed E-state index contributed by atoms with van der Waals surface area (Å²) in [5.74, 6) is 0.417. The van der Waals surface area contributed by atoms with E-state index in [2.05, 4.69) is 39.3 Å². The zero-order chi connectivity index (χ0) is 18.4. The molecule has 0 bridgehead atoms. The van der Waals surface area contributed by atoms with Crippen LogP contribution in [0.5, 0.6) is 0 Å². The van der Waals surface area contributed by atoms with Gasteiger partial charge in [-0.1, -0.05) is 31.5 Å². The molecular weight excluding hydrogens is 326 g/mol. The largest absolute Gasteiger partial charge is 0.361 e. The number of fused-ring (bicyclic) bond motifs is 1. The highest BCUT2D eigenvalue weighted by Gasteiger charge is 2.11. The molecule has 3 rings (SSSR count). The minimum Gasteiger partial charge on any atom is -0.361 e. The quantitative estimate of drug-likeness (QED) is 0.654. The van der Waals surface area contributed by atoms with Crippen LogP contribution in [-0.2, 0) is 6.42 Å². The van der Waals surface area contributed by atoms with Gasteiger partial charge in [-0.15, -0.1) is 0 Å². The van der Waals surface area contributed by atoms with Crippen LogP contribution >= 0.6 is 0 Å².